The van der Waals surface area contributed by atoms with Crippen molar-refractivity contribution in [2.24, 2.45) is 0 Å². The van der Waals surface area contributed by atoms with Gasteiger partial charge in [0.15, 0.2) is 0 Å². The average Bonchev–Trinajstić information content (AvgIpc) is 3.04. The first-order valence-electron chi connectivity index (χ1n) is 9.25. The number of likely N-dealkylation sites (tertiary alicyclic amines) is 1. The molecule has 0 radical (unpaired) electrons. The molecule has 6 nitrogen and oxygen atoms in total. The van der Waals surface area contributed by atoms with Gasteiger partial charge in [0.05, 0.1) is 24.6 Å². The second-order valence-corrected chi connectivity index (χ2v) is 6.95. The van der Waals surface area contributed by atoms with Gasteiger partial charge in [0.1, 0.15) is 5.75 Å². The molecule has 1 aromatic heterocycles. The maximum Gasteiger partial charge on any atom is 0.326 e. The van der Waals surface area contributed by atoms with Crippen LogP contribution >= 0.6 is 0 Å². The van der Waals surface area contributed by atoms with Gasteiger partial charge >= 0.3 is 5.69 Å². The molecule has 0 unspecified atom stereocenters. The van der Waals surface area contributed by atoms with Gasteiger partial charge in [0.2, 0.25) is 5.91 Å². The van der Waals surface area contributed by atoms with E-state index in [0.29, 0.717) is 19.5 Å². The number of methoxy groups -OCH3 is 1. The van der Waals surface area contributed by atoms with Crippen LogP contribution in [0.15, 0.2) is 53.3 Å². The normalized spacial score (nSPS) is 15.2. The Morgan fingerprint density at radius 1 is 1.11 bits per heavy atom. The van der Waals surface area contributed by atoms with Crippen LogP contribution in [0.4, 0.5) is 0 Å². The Bertz CT molecular complexity index is 995. The second kappa shape index (κ2) is 7.31. The summed E-state index contributed by atoms with van der Waals surface area (Å²) in [5.41, 5.74) is 2.71. The van der Waals surface area contributed by atoms with Gasteiger partial charge in [-0.3, -0.25) is 9.36 Å². The lowest BCUT2D eigenvalue weighted by molar-refractivity contribution is -0.131. The Morgan fingerprint density at radius 3 is 2.52 bits per heavy atom. The van der Waals surface area contributed by atoms with Crippen LogP contribution < -0.4 is 10.4 Å². The van der Waals surface area contributed by atoms with Crippen molar-refractivity contribution >= 4 is 16.9 Å². The van der Waals surface area contributed by atoms with E-state index in [9.17, 15) is 9.59 Å². The van der Waals surface area contributed by atoms with Crippen LogP contribution in [0.25, 0.3) is 11.0 Å². The van der Waals surface area contributed by atoms with Gasteiger partial charge in [-0.1, -0.05) is 24.3 Å². The number of imidazole rings is 1. The third-order valence-corrected chi connectivity index (χ3v) is 5.32. The zero-order valence-corrected chi connectivity index (χ0v) is 15.4. The molecular formula is C21H23N3O3. The fourth-order valence-electron chi connectivity index (χ4n) is 3.84. The van der Waals surface area contributed by atoms with Crippen molar-refractivity contribution in [1.82, 2.24) is 14.5 Å². The van der Waals surface area contributed by atoms with E-state index in [1.165, 1.54) is 0 Å². The number of aromatic nitrogens is 2. The number of piperidine rings is 1. The number of hydrogen-bond donors (Lipinski definition) is 1. The van der Waals surface area contributed by atoms with Crippen molar-refractivity contribution in [1.29, 1.82) is 0 Å². The smallest absolute Gasteiger partial charge is 0.326 e. The summed E-state index contributed by atoms with van der Waals surface area (Å²) in [6, 6.07) is 15.5. The summed E-state index contributed by atoms with van der Waals surface area (Å²) in [7, 11) is 1.63. The molecule has 1 aliphatic rings. The van der Waals surface area contributed by atoms with Crippen molar-refractivity contribution < 1.29 is 9.53 Å². The zero-order chi connectivity index (χ0) is 18.8. The number of nitrogens with one attached hydrogen (secondary N) is 1. The lowest BCUT2D eigenvalue weighted by Gasteiger charge is -2.32. The molecule has 4 rings (SSSR count). The van der Waals surface area contributed by atoms with E-state index in [1.54, 1.807) is 7.11 Å². The molecule has 0 bridgehead atoms. The Morgan fingerprint density at radius 2 is 1.81 bits per heavy atom. The van der Waals surface area contributed by atoms with Gasteiger partial charge in [0, 0.05) is 19.1 Å². The van der Waals surface area contributed by atoms with Gasteiger partial charge < -0.3 is 14.6 Å². The predicted molar refractivity (Wildman–Crippen MR) is 104 cm³/mol. The van der Waals surface area contributed by atoms with Gasteiger partial charge in [-0.15, -0.1) is 0 Å². The van der Waals surface area contributed by atoms with E-state index in [2.05, 4.69) is 4.98 Å². The van der Waals surface area contributed by atoms with Crippen LogP contribution in [0.5, 0.6) is 5.75 Å². The minimum Gasteiger partial charge on any atom is -0.497 e. The van der Waals surface area contributed by atoms with E-state index in [1.807, 2.05) is 58.0 Å². The first-order valence-corrected chi connectivity index (χ1v) is 9.25. The maximum atomic E-state index is 12.6. The van der Waals surface area contributed by atoms with Gasteiger partial charge in [-0.05, 0) is 42.7 Å². The number of ether oxygens (including phenoxy) is 1. The molecule has 1 amide bonds. The maximum absolute atomic E-state index is 12.6. The van der Waals surface area contributed by atoms with Crippen molar-refractivity contribution in [3.8, 4) is 5.75 Å². The lowest BCUT2D eigenvalue weighted by atomic mass is 10.0. The number of para-hydroxylation sites is 2. The highest BCUT2D eigenvalue weighted by Gasteiger charge is 2.26. The number of aromatic amines is 1. The minimum atomic E-state index is -0.0702. The first kappa shape index (κ1) is 17.4. The Balaban J connectivity index is 1.41. The second-order valence-electron chi connectivity index (χ2n) is 6.95. The van der Waals surface area contributed by atoms with Crippen LogP contribution in [0, 0.1) is 0 Å². The molecule has 2 heterocycles. The SMILES string of the molecule is COc1ccc(CC(=O)N2CCC(n3c(=O)[nH]c4ccccc43)CC2)cc1. The molecule has 1 N–H and O–H groups in total. The molecule has 1 fully saturated rings. The fourth-order valence-corrected chi connectivity index (χ4v) is 3.84. The van der Waals surface area contributed by atoms with E-state index < -0.39 is 0 Å². The van der Waals surface area contributed by atoms with Crippen molar-refractivity contribution in [2.45, 2.75) is 25.3 Å². The first-order chi connectivity index (χ1) is 13.2. The molecule has 1 saturated heterocycles. The van der Waals surface area contributed by atoms with Crippen LogP contribution in [0.2, 0.25) is 0 Å². The number of carbonyl (C=O) groups is 1. The Kier molecular flexibility index (Phi) is 4.71. The molecule has 0 atom stereocenters. The molecule has 6 heteroatoms. The van der Waals surface area contributed by atoms with Gasteiger partial charge in [-0.25, -0.2) is 4.79 Å². The number of rotatable bonds is 4. The summed E-state index contributed by atoms with van der Waals surface area (Å²) in [6.45, 7) is 1.34. The monoisotopic (exact) mass is 365 g/mol. The van der Waals surface area contributed by atoms with E-state index in [4.69, 9.17) is 4.74 Å². The Labute approximate surface area is 157 Å². The Hall–Kier alpha value is -3.02. The van der Waals surface area contributed by atoms with Crippen LogP contribution in [-0.4, -0.2) is 40.6 Å². The number of carbonyl (C=O) groups excluding carboxylic acids is 1. The quantitative estimate of drug-likeness (QED) is 0.773. The molecule has 0 spiro atoms. The standard InChI is InChI=1S/C21H23N3O3/c1-27-17-8-6-15(7-9-17)14-20(25)23-12-10-16(11-13-23)24-19-5-3-2-4-18(19)22-21(24)26/h2-9,16H,10-14H2,1H3,(H,22,26). The van der Waals surface area contributed by atoms with E-state index in [0.717, 1.165) is 35.2 Å². The number of amides is 1. The third-order valence-electron chi connectivity index (χ3n) is 5.32. The summed E-state index contributed by atoms with van der Waals surface area (Å²) in [6.07, 6.45) is 1.97. The molecule has 3 aromatic rings. The number of benzene rings is 2. The summed E-state index contributed by atoms with van der Waals surface area (Å²) in [5, 5.41) is 0. The third kappa shape index (κ3) is 3.47. The number of fused-ring (bicyclic) bond motifs is 1. The van der Waals surface area contributed by atoms with E-state index >= 15 is 0 Å². The molecule has 1 aliphatic heterocycles. The highest BCUT2D eigenvalue weighted by molar-refractivity contribution is 5.79. The molecule has 2 aromatic carbocycles. The summed E-state index contributed by atoms with van der Waals surface area (Å²) in [4.78, 5) is 29.8. The molecule has 0 aliphatic carbocycles. The predicted octanol–water partition coefficient (Wildman–Crippen LogP) is 2.74. The summed E-state index contributed by atoms with van der Waals surface area (Å²) in [5.74, 6) is 0.918. The van der Waals surface area contributed by atoms with Crippen LogP contribution in [0.3, 0.4) is 0 Å². The van der Waals surface area contributed by atoms with Gasteiger partial charge in [0.25, 0.3) is 0 Å². The molecule has 27 heavy (non-hydrogen) atoms. The summed E-state index contributed by atoms with van der Waals surface area (Å²) < 4.78 is 7.00. The molecular weight excluding hydrogens is 342 g/mol. The zero-order valence-electron chi connectivity index (χ0n) is 15.4. The van der Waals surface area contributed by atoms with Crippen molar-refractivity contribution in [3.05, 3.63) is 64.6 Å². The highest BCUT2D eigenvalue weighted by Crippen LogP contribution is 2.25. The topological polar surface area (TPSA) is 67.3 Å². The molecule has 140 valence electrons. The highest BCUT2D eigenvalue weighted by atomic mass is 16.5. The molecule has 0 saturated carbocycles. The van der Waals surface area contributed by atoms with Crippen LogP contribution in [-0.2, 0) is 11.2 Å². The van der Waals surface area contributed by atoms with Crippen molar-refractivity contribution in [3.63, 3.8) is 0 Å². The van der Waals surface area contributed by atoms with E-state index in [-0.39, 0.29) is 17.6 Å². The number of hydrogen-bond acceptors (Lipinski definition) is 3. The largest absolute Gasteiger partial charge is 0.497 e. The minimum absolute atomic E-state index is 0.0702. The van der Waals surface area contributed by atoms with Crippen molar-refractivity contribution in [2.75, 3.05) is 20.2 Å². The van der Waals surface area contributed by atoms with Gasteiger partial charge in [-0.2, -0.15) is 0 Å². The fraction of sp³-hybridized carbons (Fsp3) is 0.333. The number of nitrogens with zero attached hydrogens (tertiary/aromatic N) is 2. The lowest BCUT2D eigenvalue weighted by Crippen LogP contribution is -2.41. The number of H-pyrrole nitrogens is 1. The average molecular weight is 365 g/mol. The summed E-state index contributed by atoms with van der Waals surface area (Å²) >= 11 is 0. The van der Waals surface area contributed by atoms with Crippen LogP contribution in [0.1, 0.15) is 24.4 Å².